The standard InChI is InChI=1S/C10H11BrN4OS2/c1-15-8(13-14-10(15)17)2-3-12-9(16)6-4-7(11)18-5-6/h4-5H,2-3H2,1H3,(H,12,16)(H,14,17). The smallest absolute Gasteiger partial charge is 0.252 e. The van der Waals surface area contributed by atoms with Crippen LogP contribution in [0.3, 0.4) is 0 Å². The third kappa shape index (κ3) is 3.06. The van der Waals surface area contributed by atoms with Crippen LogP contribution in [0.5, 0.6) is 0 Å². The third-order valence-electron chi connectivity index (χ3n) is 2.44. The molecule has 0 saturated heterocycles. The van der Waals surface area contributed by atoms with Crippen molar-refractivity contribution in [1.82, 2.24) is 20.1 Å². The molecule has 0 fully saturated rings. The maximum Gasteiger partial charge on any atom is 0.252 e. The van der Waals surface area contributed by atoms with Gasteiger partial charge >= 0.3 is 0 Å². The molecule has 18 heavy (non-hydrogen) atoms. The van der Waals surface area contributed by atoms with Crippen LogP contribution in [0.1, 0.15) is 16.2 Å². The molecule has 96 valence electrons. The van der Waals surface area contributed by atoms with E-state index in [1.807, 2.05) is 12.4 Å². The van der Waals surface area contributed by atoms with Crippen LogP contribution in [0, 0.1) is 4.77 Å². The number of carbonyl (C=O) groups is 1. The molecule has 2 rings (SSSR count). The van der Waals surface area contributed by atoms with E-state index in [0.717, 1.165) is 9.61 Å². The molecule has 0 aromatic carbocycles. The zero-order valence-corrected chi connectivity index (χ0v) is 12.8. The summed E-state index contributed by atoms with van der Waals surface area (Å²) in [4.78, 5) is 11.8. The van der Waals surface area contributed by atoms with Crippen LogP contribution in [0.25, 0.3) is 0 Å². The molecular weight excluding hydrogens is 336 g/mol. The van der Waals surface area contributed by atoms with Gasteiger partial charge < -0.3 is 9.88 Å². The topological polar surface area (TPSA) is 62.7 Å². The van der Waals surface area contributed by atoms with Crippen molar-refractivity contribution in [3.05, 3.63) is 31.4 Å². The summed E-state index contributed by atoms with van der Waals surface area (Å²) in [5.41, 5.74) is 0.669. The van der Waals surface area contributed by atoms with Crippen molar-refractivity contribution >= 4 is 45.4 Å². The summed E-state index contributed by atoms with van der Waals surface area (Å²) < 4.78 is 3.32. The van der Waals surface area contributed by atoms with Crippen molar-refractivity contribution in [2.45, 2.75) is 6.42 Å². The third-order valence-corrected chi connectivity index (χ3v) is 4.31. The lowest BCUT2D eigenvalue weighted by Gasteiger charge is -2.03. The maximum absolute atomic E-state index is 11.8. The highest BCUT2D eigenvalue weighted by molar-refractivity contribution is 9.11. The van der Waals surface area contributed by atoms with Crippen molar-refractivity contribution in [1.29, 1.82) is 0 Å². The average molecular weight is 347 g/mol. The number of aromatic amines is 1. The van der Waals surface area contributed by atoms with Gasteiger partial charge in [-0.15, -0.1) is 11.3 Å². The minimum absolute atomic E-state index is 0.0752. The molecule has 0 bridgehead atoms. The highest BCUT2D eigenvalue weighted by Crippen LogP contribution is 2.20. The summed E-state index contributed by atoms with van der Waals surface area (Å²) >= 11 is 9.83. The van der Waals surface area contributed by atoms with Gasteiger partial charge in [0.15, 0.2) is 4.77 Å². The van der Waals surface area contributed by atoms with Crippen LogP contribution in [-0.4, -0.2) is 27.2 Å². The lowest BCUT2D eigenvalue weighted by atomic mass is 10.3. The van der Waals surface area contributed by atoms with E-state index < -0.39 is 0 Å². The molecule has 0 radical (unpaired) electrons. The van der Waals surface area contributed by atoms with Crippen molar-refractivity contribution in [2.24, 2.45) is 7.05 Å². The summed E-state index contributed by atoms with van der Waals surface area (Å²) in [7, 11) is 1.85. The zero-order chi connectivity index (χ0) is 13.1. The van der Waals surface area contributed by atoms with Crippen molar-refractivity contribution in [3.8, 4) is 0 Å². The average Bonchev–Trinajstić information content (AvgIpc) is 2.90. The lowest BCUT2D eigenvalue weighted by Crippen LogP contribution is -2.25. The first-order chi connectivity index (χ1) is 8.58. The minimum Gasteiger partial charge on any atom is -0.352 e. The number of hydrogen-bond donors (Lipinski definition) is 2. The van der Waals surface area contributed by atoms with Gasteiger partial charge in [0.25, 0.3) is 5.91 Å². The van der Waals surface area contributed by atoms with Crippen LogP contribution in [0.4, 0.5) is 0 Å². The molecule has 2 aromatic rings. The van der Waals surface area contributed by atoms with E-state index >= 15 is 0 Å². The van der Waals surface area contributed by atoms with Crippen LogP contribution >= 0.6 is 39.5 Å². The Morgan fingerprint density at radius 2 is 2.50 bits per heavy atom. The Hall–Kier alpha value is -0.990. The number of amides is 1. The number of halogens is 1. The Morgan fingerprint density at radius 3 is 3.06 bits per heavy atom. The van der Waals surface area contributed by atoms with E-state index in [2.05, 4.69) is 31.4 Å². The van der Waals surface area contributed by atoms with E-state index in [0.29, 0.717) is 23.3 Å². The van der Waals surface area contributed by atoms with Crippen molar-refractivity contribution < 1.29 is 4.79 Å². The Kier molecular flexibility index (Phi) is 4.31. The molecule has 0 saturated carbocycles. The molecule has 5 nitrogen and oxygen atoms in total. The van der Waals surface area contributed by atoms with Gasteiger partial charge in [0, 0.05) is 25.4 Å². The summed E-state index contributed by atoms with van der Waals surface area (Å²) in [5.74, 6) is 0.750. The summed E-state index contributed by atoms with van der Waals surface area (Å²) in [6, 6.07) is 1.80. The number of H-pyrrole nitrogens is 1. The fraction of sp³-hybridized carbons (Fsp3) is 0.300. The predicted octanol–water partition coefficient (Wildman–Crippen LogP) is 2.27. The second kappa shape index (κ2) is 5.77. The van der Waals surface area contributed by atoms with Gasteiger partial charge in [0.1, 0.15) is 5.82 Å². The maximum atomic E-state index is 11.8. The molecule has 8 heteroatoms. The van der Waals surface area contributed by atoms with Gasteiger partial charge in [-0.2, -0.15) is 5.10 Å². The van der Waals surface area contributed by atoms with Crippen LogP contribution in [0.15, 0.2) is 15.2 Å². The number of carbonyl (C=O) groups excluding carboxylic acids is 1. The second-order valence-electron chi connectivity index (χ2n) is 3.65. The molecule has 0 unspecified atom stereocenters. The lowest BCUT2D eigenvalue weighted by molar-refractivity contribution is 0.0954. The summed E-state index contributed by atoms with van der Waals surface area (Å²) in [5, 5.41) is 11.4. The van der Waals surface area contributed by atoms with Gasteiger partial charge in [-0.1, -0.05) is 0 Å². The minimum atomic E-state index is -0.0752. The summed E-state index contributed by atoms with van der Waals surface area (Å²) in [6.45, 7) is 0.528. The highest BCUT2D eigenvalue weighted by atomic mass is 79.9. The van der Waals surface area contributed by atoms with Gasteiger partial charge in [-0.25, -0.2) is 0 Å². The molecule has 2 aromatic heterocycles. The largest absolute Gasteiger partial charge is 0.352 e. The van der Waals surface area contributed by atoms with Gasteiger partial charge in [0.05, 0.1) is 9.35 Å². The number of aromatic nitrogens is 3. The van der Waals surface area contributed by atoms with Crippen LogP contribution in [-0.2, 0) is 13.5 Å². The van der Waals surface area contributed by atoms with Gasteiger partial charge in [-0.05, 0) is 34.2 Å². The predicted molar refractivity (Wildman–Crippen MR) is 76.4 cm³/mol. The van der Waals surface area contributed by atoms with Crippen LogP contribution in [0.2, 0.25) is 0 Å². The zero-order valence-electron chi connectivity index (χ0n) is 9.57. The van der Waals surface area contributed by atoms with Gasteiger partial charge in [0.2, 0.25) is 0 Å². The molecule has 0 aliphatic rings. The van der Waals surface area contributed by atoms with E-state index in [-0.39, 0.29) is 5.91 Å². The summed E-state index contributed by atoms with van der Waals surface area (Å²) in [6.07, 6.45) is 0.640. The fourth-order valence-corrected chi connectivity index (χ4v) is 2.71. The molecule has 0 aliphatic carbocycles. The molecule has 0 spiro atoms. The first-order valence-corrected chi connectivity index (χ1v) is 7.28. The van der Waals surface area contributed by atoms with E-state index in [4.69, 9.17) is 12.2 Å². The Bertz CT molecular complexity index is 615. The number of thiophene rings is 1. The fourth-order valence-electron chi connectivity index (χ4n) is 1.42. The molecular formula is C10H11BrN4OS2. The first kappa shape index (κ1) is 13.4. The number of nitrogens with one attached hydrogen (secondary N) is 2. The van der Waals surface area contributed by atoms with E-state index in [1.54, 1.807) is 10.6 Å². The molecule has 2 heterocycles. The van der Waals surface area contributed by atoms with Crippen molar-refractivity contribution in [2.75, 3.05) is 6.54 Å². The quantitative estimate of drug-likeness (QED) is 0.834. The Balaban J connectivity index is 1.87. The van der Waals surface area contributed by atoms with E-state index in [9.17, 15) is 4.79 Å². The monoisotopic (exact) mass is 346 g/mol. The SMILES string of the molecule is Cn1c(CCNC(=O)c2csc(Br)c2)n[nH]c1=S. The molecule has 2 N–H and O–H groups in total. The number of nitrogens with zero attached hydrogens (tertiary/aromatic N) is 2. The van der Waals surface area contributed by atoms with Crippen molar-refractivity contribution in [3.63, 3.8) is 0 Å². The Labute approximate surface area is 121 Å². The molecule has 1 amide bonds. The number of hydrogen-bond acceptors (Lipinski definition) is 4. The normalized spacial score (nSPS) is 10.6. The first-order valence-electron chi connectivity index (χ1n) is 5.20. The second-order valence-corrected chi connectivity index (χ2v) is 6.33. The molecule has 0 aliphatic heterocycles. The number of rotatable bonds is 4. The molecule has 0 atom stereocenters. The highest BCUT2D eigenvalue weighted by Gasteiger charge is 2.08. The van der Waals surface area contributed by atoms with Gasteiger partial charge in [-0.3, -0.25) is 9.89 Å². The van der Waals surface area contributed by atoms with Crippen LogP contribution < -0.4 is 5.32 Å². The Morgan fingerprint density at radius 1 is 1.72 bits per heavy atom. The van der Waals surface area contributed by atoms with E-state index in [1.165, 1.54) is 11.3 Å².